The number of carboxylic acid groups (broad SMARTS) is 3. The molecule has 0 heterocycles. The van der Waals surface area contributed by atoms with Crippen molar-refractivity contribution in [1.29, 1.82) is 0 Å². The molecule has 0 aliphatic heterocycles. The fraction of sp³-hybridized carbons (Fsp3) is 0.500. The first-order chi connectivity index (χ1) is 7.73. The predicted octanol–water partition coefficient (Wildman–Crippen LogP) is -1.74. The molecule has 0 bridgehead atoms. The van der Waals surface area contributed by atoms with Crippen molar-refractivity contribution in [1.82, 2.24) is 0 Å². The second-order valence-electron chi connectivity index (χ2n) is 3.06. The highest BCUT2D eigenvalue weighted by molar-refractivity contribution is 5.85. The van der Waals surface area contributed by atoms with Crippen LogP contribution in [0, 0.1) is 0 Å². The number of ether oxygens (including phenoxy) is 1. The molecule has 96 valence electrons. The van der Waals surface area contributed by atoms with Crippen LogP contribution in [0.4, 0.5) is 0 Å². The standard InChI is InChI=1S/C8H11NO8/c9-3(7(13)14)1-6(12)17-4(8(15)16)2-5(10)11/h3-4H,1-2,9H2,(H,10,11)(H,13,14)(H,15,16). The molecule has 0 radical (unpaired) electrons. The highest BCUT2D eigenvalue weighted by Gasteiger charge is 2.27. The second-order valence-corrected chi connectivity index (χ2v) is 3.06. The molecule has 0 spiro atoms. The van der Waals surface area contributed by atoms with Crippen molar-refractivity contribution in [2.24, 2.45) is 5.73 Å². The Labute approximate surface area is 94.8 Å². The van der Waals surface area contributed by atoms with Crippen molar-refractivity contribution in [2.45, 2.75) is 25.0 Å². The van der Waals surface area contributed by atoms with Crippen LogP contribution in [0.1, 0.15) is 12.8 Å². The summed E-state index contributed by atoms with van der Waals surface area (Å²) >= 11 is 0. The average molecular weight is 249 g/mol. The van der Waals surface area contributed by atoms with Crippen molar-refractivity contribution < 1.29 is 39.2 Å². The lowest BCUT2D eigenvalue weighted by molar-refractivity contribution is -0.168. The maximum atomic E-state index is 11.0. The predicted molar refractivity (Wildman–Crippen MR) is 50.0 cm³/mol. The van der Waals surface area contributed by atoms with E-state index in [-0.39, 0.29) is 0 Å². The SMILES string of the molecule is NC(CC(=O)OC(CC(=O)O)C(=O)O)C(=O)O. The maximum absolute atomic E-state index is 11.0. The second kappa shape index (κ2) is 6.43. The molecule has 0 aromatic heterocycles. The average Bonchev–Trinajstić information content (AvgIpc) is 2.15. The van der Waals surface area contributed by atoms with E-state index in [2.05, 4.69) is 4.74 Å². The minimum atomic E-state index is -1.86. The molecule has 0 amide bonds. The van der Waals surface area contributed by atoms with Gasteiger partial charge in [0.25, 0.3) is 0 Å². The van der Waals surface area contributed by atoms with E-state index in [1.54, 1.807) is 0 Å². The first-order valence-corrected chi connectivity index (χ1v) is 4.36. The summed E-state index contributed by atoms with van der Waals surface area (Å²) < 4.78 is 4.28. The number of rotatable bonds is 7. The number of hydrogen-bond acceptors (Lipinski definition) is 6. The van der Waals surface area contributed by atoms with Gasteiger partial charge in [0.05, 0.1) is 12.8 Å². The van der Waals surface area contributed by atoms with E-state index in [9.17, 15) is 19.2 Å². The zero-order valence-corrected chi connectivity index (χ0v) is 8.53. The lowest BCUT2D eigenvalue weighted by Crippen LogP contribution is -2.36. The Morgan fingerprint density at radius 2 is 1.53 bits per heavy atom. The molecule has 9 nitrogen and oxygen atoms in total. The third-order valence-electron chi connectivity index (χ3n) is 1.61. The Kier molecular flexibility index (Phi) is 5.61. The van der Waals surface area contributed by atoms with Gasteiger partial charge in [-0.3, -0.25) is 14.4 Å². The van der Waals surface area contributed by atoms with Gasteiger partial charge < -0.3 is 25.8 Å². The Balaban J connectivity index is 4.36. The topological polar surface area (TPSA) is 164 Å². The molecule has 0 aromatic carbocycles. The Morgan fingerprint density at radius 3 is 1.88 bits per heavy atom. The monoisotopic (exact) mass is 249 g/mol. The lowest BCUT2D eigenvalue weighted by Gasteiger charge is -2.12. The van der Waals surface area contributed by atoms with Crippen molar-refractivity contribution in [2.75, 3.05) is 0 Å². The van der Waals surface area contributed by atoms with Crippen LogP contribution in [-0.2, 0) is 23.9 Å². The van der Waals surface area contributed by atoms with Crippen LogP contribution in [0.15, 0.2) is 0 Å². The number of carbonyl (C=O) groups is 4. The largest absolute Gasteiger partial charge is 0.481 e. The third kappa shape index (κ3) is 6.10. The zero-order chi connectivity index (χ0) is 13.6. The molecule has 0 aliphatic rings. The van der Waals surface area contributed by atoms with Gasteiger partial charge >= 0.3 is 23.9 Å². The molecule has 0 saturated heterocycles. The molecule has 2 unspecified atom stereocenters. The van der Waals surface area contributed by atoms with Crippen LogP contribution < -0.4 is 5.73 Å². The minimum Gasteiger partial charge on any atom is -0.481 e. The van der Waals surface area contributed by atoms with Crippen LogP contribution in [-0.4, -0.2) is 51.3 Å². The first kappa shape index (κ1) is 14.8. The highest BCUT2D eigenvalue weighted by atomic mass is 16.6. The van der Waals surface area contributed by atoms with E-state index in [0.717, 1.165) is 0 Å². The van der Waals surface area contributed by atoms with Crippen molar-refractivity contribution in [3.63, 3.8) is 0 Å². The van der Waals surface area contributed by atoms with Gasteiger partial charge in [0.15, 0.2) is 0 Å². The van der Waals surface area contributed by atoms with Gasteiger partial charge in [-0.25, -0.2) is 4.79 Å². The van der Waals surface area contributed by atoms with Gasteiger partial charge in [-0.15, -0.1) is 0 Å². The molecule has 2 atom stereocenters. The molecule has 0 aromatic rings. The Hall–Kier alpha value is -2.16. The number of aliphatic carboxylic acids is 3. The van der Waals surface area contributed by atoms with E-state index in [0.29, 0.717) is 0 Å². The molecule has 0 aliphatic carbocycles. The van der Waals surface area contributed by atoms with E-state index in [1.165, 1.54) is 0 Å². The molecule has 0 rings (SSSR count). The third-order valence-corrected chi connectivity index (χ3v) is 1.61. The van der Waals surface area contributed by atoms with Gasteiger partial charge in [-0.2, -0.15) is 0 Å². The van der Waals surface area contributed by atoms with Gasteiger partial charge in [0.2, 0.25) is 6.10 Å². The zero-order valence-electron chi connectivity index (χ0n) is 8.53. The van der Waals surface area contributed by atoms with Gasteiger partial charge in [0.1, 0.15) is 6.04 Å². The first-order valence-electron chi connectivity index (χ1n) is 4.36. The van der Waals surface area contributed by atoms with Crippen LogP contribution in [0.2, 0.25) is 0 Å². The number of esters is 1. The minimum absolute atomic E-state index is 0.737. The molecular weight excluding hydrogens is 238 g/mol. The summed E-state index contributed by atoms with van der Waals surface area (Å²) in [4.78, 5) is 42.1. The van der Waals surface area contributed by atoms with Crippen LogP contribution in [0.3, 0.4) is 0 Å². The molecule has 17 heavy (non-hydrogen) atoms. The van der Waals surface area contributed by atoms with Crippen LogP contribution >= 0.6 is 0 Å². The van der Waals surface area contributed by atoms with Crippen molar-refractivity contribution >= 4 is 23.9 Å². The Morgan fingerprint density at radius 1 is 1.00 bits per heavy atom. The molecule has 9 heteroatoms. The lowest BCUT2D eigenvalue weighted by atomic mass is 10.2. The normalized spacial score (nSPS) is 13.5. The number of hydrogen-bond donors (Lipinski definition) is 4. The summed E-state index contributed by atoms with van der Waals surface area (Å²) in [5.74, 6) is -5.74. The Bertz CT molecular complexity index is 338. The van der Waals surface area contributed by atoms with Crippen molar-refractivity contribution in [3.05, 3.63) is 0 Å². The summed E-state index contributed by atoms with van der Waals surface area (Å²) in [5.41, 5.74) is 5.01. The summed E-state index contributed by atoms with van der Waals surface area (Å²) in [5, 5.41) is 25.2. The number of nitrogens with two attached hydrogens (primary N) is 1. The molecular formula is C8H11NO8. The maximum Gasteiger partial charge on any atom is 0.345 e. The fourth-order valence-corrected chi connectivity index (χ4v) is 0.812. The summed E-state index contributed by atoms with van der Waals surface area (Å²) in [6.45, 7) is 0. The van der Waals surface area contributed by atoms with E-state index in [4.69, 9.17) is 21.1 Å². The summed E-state index contributed by atoms with van der Waals surface area (Å²) in [6.07, 6.45) is -3.51. The summed E-state index contributed by atoms with van der Waals surface area (Å²) in [7, 11) is 0. The molecule has 5 N–H and O–H groups in total. The quantitative estimate of drug-likeness (QED) is 0.383. The fourth-order valence-electron chi connectivity index (χ4n) is 0.812. The molecule has 0 fully saturated rings. The van der Waals surface area contributed by atoms with E-state index < -0.39 is 48.9 Å². The van der Waals surface area contributed by atoms with Crippen LogP contribution in [0.5, 0.6) is 0 Å². The molecule has 0 saturated carbocycles. The van der Waals surface area contributed by atoms with Gasteiger partial charge in [-0.1, -0.05) is 0 Å². The van der Waals surface area contributed by atoms with Gasteiger partial charge in [0, 0.05) is 0 Å². The van der Waals surface area contributed by atoms with E-state index in [1.807, 2.05) is 0 Å². The van der Waals surface area contributed by atoms with E-state index >= 15 is 0 Å². The highest BCUT2D eigenvalue weighted by Crippen LogP contribution is 2.03. The smallest absolute Gasteiger partial charge is 0.345 e. The van der Waals surface area contributed by atoms with Gasteiger partial charge in [-0.05, 0) is 0 Å². The summed E-state index contributed by atoms with van der Waals surface area (Å²) in [6, 6.07) is -1.53. The number of carboxylic acids is 3. The van der Waals surface area contributed by atoms with Crippen molar-refractivity contribution in [3.8, 4) is 0 Å². The van der Waals surface area contributed by atoms with Crippen LogP contribution in [0.25, 0.3) is 0 Å². The number of carbonyl (C=O) groups excluding carboxylic acids is 1.